The van der Waals surface area contributed by atoms with Gasteiger partial charge in [0.2, 0.25) is 5.91 Å². The summed E-state index contributed by atoms with van der Waals surface area (Å²) in [5.41, 5.74) is 0. The van der Waals surface area contributed by atoms with Crippen LogP contribution in [0.25, 0.3) is 0 Å². The number of ether oxygens (including phenoxy) is 1. The van der Waals surface area contributed by atoms with Gasteiger partial charge in [0.05, 0.1) is 13.7 Å². The highest BCUT2D eigenvalue weighted by molar-refractivity contribution is 5.92. The number of hydrogen-bond acceptors (Lipinski definition) is 5. The first-order chi connectivity index (χ1) is 7.13. The van der Waals surface area contributed by atoms with Crippen molar-refractivity contribution in [1.29, 1.82) is 0 Å². The number of likely N-dealkylation sites (N-methyl/N-ethyl adjacent to an activating group) is 1. The topological polar surface area (TPSA) is 70.7 Å². The molecule has 6 nitrogen and oxygen atoms in total. The number of rotatable bonds is 3. The van der Waals surface area contributed by atoms with Crippen molar-refractivity contribution in [1.82, 2.24) is 15.5 Å². The highest BCUT2D eigenvalue weighted by Crippen LogP contribution is 2.04. The molecule has 0 aliphatic carbocycles. The molecule has 0 aromatic heterocycles. The van der Waals surface area contributed by atoms with E-state index in [1.54, 1.807) is 0 Å². The molecule has 0 aromatic carbocycles. The molecule has 0 spiro atoms. The van der Waals surface area contributed by atoms with Crippen molar-refractivity contribution in [2.24, 2.45) is 0 Å². The largest absolute Gasteiger partial charge is 0.453 e. The molecule has 1 aliphatic heterocycles. The highest BCUT2D eigenvalue weighted by atomic mass is 16.5. The lowest BCUT2D eigenvalue weighted by atomic mass is 10.2. The molecular weight excluding hydrogens is 198 g/mol. The van der Waals surface area contributed by atoms with E-state index in [0.29, 0.717) is 6.04 Å². The van der Waals surface area contributed by atoms with Gasteiger partial charge in [0.1, 0.15) is 0 Å². The summed E-state index contributed by atoms with van der Waals surface area (Å²) >= 11 is 0. The number of amides is 2. The van der Waals surface area contributed by atoms with Crippen LogP contribution in [0.3, 0.4) is 0 Å². The lowest BCUT2D eigenvalue weighted by molar-refractivity contribution is -0.121. The Morgan fingerprint density at radius 3 is 2.87 bits per heavy atom. The predicted octanol–water partition coefficient (Wildman–Crippen LogP) is -0.837. The molecule has 1 rings (SSSR count). The number of imide groups is 1. The van der Waals surface area contributed by atoms with E-state index in [1.165, 1.54) is 7.11 Å². The van der Waals surface area contributed by atoms with E-state index < -0.39 is 6.09 Å². The van der Waals surface area contributed by atoms with Crippen LogP contribution in [0.4, 0.5) is 4.79 Å². The third kappa shape index (κ3) is 3.85. The van der Waals surface area contributed by atoms with Gasteiger partial charge in [0, 0.05) is 12.6 Å². The van der Waals surface area contributed by atoms with Crippen molar-refractivity contribution in [2.75, 3.05) is 33.8 Å². The summed E-state index contributed by atoms with van der Waals surface area (Å²) in [6, 6.07) is 0.369. The zero-order valence-electron chi connectivity index (χ0n) is 9.08. The molecule has 0 saturated carbocycles. The van der Waals surface area contributed by atoms with Crippen molar-refractivity contribution in [2.45, 2.75) is 12.5 Å². The maximum absolute atomic E-state index is 11.3. The summed E-state index contributed by atoms with van der Waals surface area (Å²) in [5, 5.41) is 5.34. The van der Waals surface area contributed by atoms with Crippen LogP contribution in [0, 0.1) is 0 Å². The van der Waals surface area contributed by atoms with Gasteiger partial charge in [-0.2, -0.15) is 0 Å². The van der Waals surface area contributed by atoms with E-state index >= 15 is 0 Å². The van der Waals surface area contributed by atoms with Crippen LogP contribution in [0.1, 0.15) is 6.42 Å². The Kier molecular flexibility index (Phi) is 4.51. The monoisotopic (exact) mass is 215 g/mol. The molecule has 1 aliphatic rings. The summed E-state index contributed by atoms with van der Waals surface area (Å²) in [5.74, 6) is -0.337. The van der Waals surface area contributed by atoms with Crippen LogP contribution in [0.15, 0.2) is 0 Å². The van der Waals surface area contributed by atoms with Gasteiger partial charge in [-0.05, 0) is 20.0 Å². The van der Waals surface area contributed by atoms with Crippen LogP contribution < -0.4 is 10.6 Å². The Bertz CT molecular complexity index is 239. The second kappa shape index (κ2) is 5.67. The zero-order chi connectivity index (χ0) is 11.3. The first-order valence-corrected chi connectivity index (χ1v) is 4.92. The van der Waals surface area contributed by atoms with Crippen LogP contribution in [-0.2, 0) is 9.53 Å². The summed E-state index contributed by atoms with van der Waals surface area (Å²) in [7, 11) is 3.10. The number of hydrogen-bond donors (Lipinski definition) is 2. The number of nitrogens with one attached hydrogen (secondary N) is 2. The quantitative estimate of drug-likeness (QED) is 0.642. The molecule has 2 amide bonds. The summed E-state index contributed by atoms with van der Waals surface area (Å²) in [4.78, 5) is 24.0. The van der Waals surface area contributed by atoms with Gasteiger partial charge in [0.25, 0.3) is 0 Å². The average Bonchev–Trinajstić information content (AvgIpc) is 2.70. The molecule has 1 atom stereocenters. The number of carbonyl (C=O) groups is 2. The van der Waals surface area contributed by atoms with E-state index in [-0.39, 0.29) is 12.5 Å². The Labute approximate surface area is 88.9 Å². The predicted molar refractivity (Wildman–Crippen MR) is 54.5 cm³/mol. The average molecular weight is 215 g/mol. The standard InChI is InChI=1S/C9H17N3O3/c1-12(7-3-4-10-5-7)6-8(13)11-9(14)15-2/h7,10H,3-6H2,1-2H3,(H,11,13,14). The van der Waals surface area contributed by atoms with Crippen molar-refractivity contribution in [3.05, 3.63) is 0 Å². The third-order valence-corrected chi connectivity index (χ3v) is 2.48. The van der Waals surface area contributed by atoms with E-state index in [0.717, 1.165) is 19.5 Å². The number of alkyl carbamates (subject to hydrolysis) is 1. The van der Waals surface area contributed by atoms with Crippen molar-refractivity contribution in [3.63, 3.8) is 0 Å². The Morgan fingerprint density at radius 1 is 1.60 bits per heavy atom. The van der Waals surface area contributed by atoms with Gasteiger partial charge < -0.3 is 10.1 Å². The molecule has 1 heterocycles. The van der Waals surface area contributed by atoms with E-state index in [1.807, 2.05) is 11.9 Å². The molecule has 6 heteroatoms. The van der Waals surface area contributed by atoms with Crippen molar-refractivity contribution < 1.29 is 14.3 Å². The molecule has 1 saturated heterocycles. The lowest BCUT2D eigenvalue weighted by Crippen LogP contribution is -2.43. The van der Waals surface area contributed by atoms with E-state index in [4.69, 9.17) is 0 Å². The van der Waals surface area contributed by atoms with Gasteiger partial charge in [-0.25, -0.2) is 4.79 Å². The summed E-state index contributed by atoms with van der Waals surface area (Å²) in [6.45, 7) is 2.08. The van der Waals surface area contributed by atoms with Gasteiger partial charge >= 0.3 is 6.09 Å². The number of methoxy groups -OCH3 is 1. The summed E-state index contributed by atoms with van der Waals surface area (Å²) < 4.78 is 4.33. The van der Waals surface area contributed by atoms with Gasteiger partial charge in [0.15, 0.2) is 0 Å². The fourth-order valence-corrected chi connectivity index (χ4v) is 1.58. The molecule has 0 bridgehead atoms. The molecule has 15 heavy (non-hydrogen) atoms. The van der Waals surface area contributed by atoms with Crippen LogP contribution in [0.5, 0.6) is 0 Å². The van der Waals surface area contributed by atoms with Crippen LogP contribution in [0.2, 0.25) is 0 Å². The molecule has 0 aromatic rings. The molecule has 86 valence electrons. The van der Waals surface area contributed by atoms with Gasteiger partial charge in [-0.3, -0.25) is 15.0 Å². The first kappa shape index (κ1) is 11.9. The van der Waals surface area contributed by atoms with E-state index in [2.05, 4.69) is 15.4 Å². The minimum atomic E-state index is -0.710. The van der Waals surface area contributed by atoms with Crippen LogP contribution >= 0.6 is 0 Å². The second-order valence-electron chi connectivity index (χ2n) is 3.60. The molecule has 0 radical (unpaired) electrons. The van der Waals surface area contributed by atoms with Crippen molar-refractivity contribution >= 4 is 12.0 Å². The van der Waals surface area contributed by atoms with Crippen LogP contribution in [-0.4, -0.2) is 56.7 Å². The molecule has 1 fully saturated rings. The first-order valence-electron chi connectivity index (χ1n) is 4.92. The lowest BCUT2D eigenvalue weighted by Gasteiger charge is -2.22. The maximum atomic E-state index is 11.3. The van der Waals surface area contributed by atoms with Gasteiger partial charge in [-0.1, -0.05) is 0 Å². The second-order valence-corrected chi connectivity index (χ2v) is 3.60. The van der Waals surface area contributed by atoms with Crippen molar-refractivity contribution in [3.8, 4) is 0 Å². The van der Waals surface area contributed by atoms with Gasteiger partial charge in [-0.15, -0.1) is 0 Å². The molecule has 1 unspecified atom stereocenters. The molecule has 2 N–H and O–H groups in total. The number of carbonyl (C=O) groups excluding carboxylic acids is 2. The normalized spacial score (nSPS) is 20.3. The SMILES string of the molecule is COC(=O)NC(=O)CN(C)C1CCNC1. The molecular formula is C9H17N3O3. The summed E-state index contributed by atoms with van der Waals surface area (Å²) in [6.07, 6.45) is 0.320. The Balaban J connectivity index is 2.27. The zero-order valence-corrected chi connectivity index (χ0v) is 9.08. The smallest absolute Gasteiger partial charge is 0.413 e. The van der Waals surface area contributed by atoms with E-state index in [9.17, 15) is 9.59 Å². The Morgan fingerprint density at radius 2 is 2.33 bits per heavy atom. The highest BCUT2D eigenvalue weighted by Gasteiger charge is 2.21. The third-order valence-electron chi connectivity index (χ3n) is 2.48. The minimum absolute atomic E-state index is 0.210. The maximum Gasteiger partial charge on any atom is 0.413 e. The minimum Gasteiger partial charge on any atom is -0.453 e. The number of nitrogens with zero attached hydrogens (tertiary/aromatic N) is 1. The Hall–Kier alpha value is -1.14. The fraction of sp³-hybridized carbons (Fsp3) is 0.778. The fourth-order valence-electron chi connectivity index (χ4n) is 1.58.